The van der Waals surface area contributed by atoms with Gasteiger partial charge in [-0.2, -0.15) is 0 Å². The average molecular weight is 236 g/mol. The highest BCUT2D eigenvalue weighted by molar-refractivity contribution is 5.14. The summed E-state index contributed by atoms with van der Waals surface area (Å²) < 4.78 is 5.49. The standard InChI is InChI=1S/C13H16O4/c14-10-6-7-11(13(16)12(10)15)17-8-9-4-2-1-3-5-9/h1-7,10-16H,8H2/t10-,11+,12-,13-/m1/s1. The molecule has 0 aliphatic heterocycles. The Bertz CT molecular complexity index is 376. The molecule has 0 unspecified atom stereocenters. The van der Waals surface area contributed by atoms with Gasteiger partial charge in [0.2, 0.25) is 0 Å². The van der Waals surface area contributed by atoms with Crippen LogP contribution in [0.1, 0.15) is 5.56 Å². The van der Waals surface area contributed by atoms with Crippen LogP contribution in [0.3, 0.4) is 0 Å². The van der Waals surface area contributed by atoms with Crippen molar-refractivity contribution >= 4 is 0 Å². The molecule has 0 radical (unpaired) electrons. The molecule has 4 nitrogen and oxygen atoms in total. The summed E-state index contributed by atoms with van der Waals surface area (Å²) in [6.45, 7) is 0.357. The Morgan fingerprint density at radius 1 is 0.941 bits per heavy atom. The molecule has 2 rings (SSSR count). The lowest BCUT2D eigenvalue weighted by molar-refractivity contribution is -0.111. The third kappa shape index (κ3) is 2.92. The SMILES string of the molecule is O[C@H]1[C@H](O)[C@@H](OCc2ccccc2)C=C[C@H]1O. The van der Waals surface area contributed by atoms with Crippen molar-refractivity contribution in [1.82, 2.24) is 0 Å². The monoisotopic (exact) mass is 236 g/mol. The van der Waals surface area contributed by atoms with E-state index in [-0.39, 0.29) is 0 Å². The molecule has 1 aliphatic rings. The van der Waals surface area contributed by atoms with Gasteiger partial charge in [0, 0.05) is 0 Å². The fourth-order valence-electron chi connectivity index (χ4n) is 1.77. The zero-order valence-electron chi connectivity index (χ0n) is 9.31. The van der Waals surface area contributed by atoms with Crippen LogP contribution in [0.4, 0.5) is 0 Å². The molecule has 1 aromatic carbocycles. The molecule has 17 heavy (non-hydrogen) atoms. The highest BCUT2D eigenvalue weighted by Gasteiger charge is 2.33. The fraction of sp³-hybridized carbons (Fsp3) is 0.385. The van der Waals surface area contributed by atoms with Crippen molar-refractivity contribution in [2.75, 3.05) is 0 Å². The first-order valence-electron chi connectivity index (χ1n) is 5.56. The molecule has 0 heterocycles. The second-order valence-corrected chi connectivity index (χ2v) is 4.12. The molecule has 0 bridgehead atoms. The second-order valence-electron chi connectivity index (χ2n) is 4.12. The van der Waals surface area contributed by atoms with Crippen LogP contribution < -0.4 is 0 Å². The predicted octanol–water partition coefficient (Wildman–Crippen LogP) is 0.224. The second kappa shape index (κ2) is 5.42. The molecular weight excluding hydrogens is 220 g/mol. The summed E-state index contributed by atoms with van der Waals surface area (Å²) in [6, 6.07) is 9.57. The van der Waals surface area contributed by atoms with Crippen LogP contribution in [-0.4, -0.2) is 39.7 Å². The first-order valence-corrected chi connectivity index (χ1v) is 5.56. The predicted molar refractivity (Wildman–Crippen MR) is 62.2 cm³/mol. The summed E-state index contributed by atoms with van der Waals surface area (Å²) in [5.74, 6) is 0. The summed E-state index contributed by atoms with van der Waals surface area (Å²) in [5.41, 5.74) is 0.994. The summed E-state index contributed by atoms with van der Waals surface area (Å²) >= 11 is 0. The van der Waals surface area contributed by atoms with Crippen LogP contribution in [0.5, 0.6) is 0 Å². The Hall–Kier alpha value is -1.20. The number of hydrogen-bond acceptors (Lipinski definition) is 4. The third-order valence-corrected chi connectivity index (χ3v) is 2.82. The summed E-state index contributed by atoms with van der Waals surface area (Å²) in [5, 5.41) is 28.5. The molecular formula is C13H16O4. The van der Waals surface area contributed by atoms with Gasteiger partial charge >= 0.3 is 0 Å². The highest BCUT2D eigenvalue weighted by atomic mass is 16.5. The first kappa shape index (κ1) is 12.3. The molecule has 0 fully saturated rings. The minimum atomic E-state index is -1.19. The maximum absolute atomic E-state index is 9.70. The zero-order chi connectivity index (χ0) is 12.3. The summed E-state index contributed by atoms with van der Waals surface area (Å²) in [7, 11) is 0. The Balaban J connectivity index is 1.94. The van der Waals surface area contributed by atoms with Crippen molar-refractivity contribution in [1.29, 1.82) is 0 Å². The van der Waals surface area contributed by atoms with E-state index in [0.29, 0.717) is 6.61 Å². The first-order chi connectivity index (χ1) is 8.18. The van der Waals surface area contributed by atoms with Crippen LogP contribution in [0.15, 0.2) is 42.5 Å². The van der Waals surface area contributed by atoms with Gasteiger partial charge in [-0.3, -0.25) is 0 Å². The van der Waals surface area contributed by atoms with E-state index in [4.69, 9.17) is 4.74 Å². The molecule has 0 saturated carbocycles. The van der Waals surface area contributed by atoms with Crippen molar-refractivity contribution in [2.45, 2.75) is 31.0 Å². The van der Waals surface area contributed by atoms with Gasteiger partial charge in [0.25, 0.3) is 0 Å². The van der Waals surface area contributed by atoms with E-state index in [2.05, 4.69) is 0 Å². The third-order valence-electron chi connectivity index (χ3n) is 2.82. The zero-order valence-corrected chi connectivity index (χ0v) is 9.31. The number of aliphatic hydroxyl groups is 3. The molecule has 0 aromatic heterocycles. The van der Waals surface area contributed by atoms with E-state index in [0.717, 1.165) is 5.56 Å². The highest BCUT2D eigenvalue weighted by Crippen LogP contribution is 2.17. The van der Waals surface area contributed by atoms with Gasteiger partial charge in [-0.05, 0) is 5.56 Å². The van der Waals surface area contributed by atoms with Crippen LogP contribution >= 0.6 is 0 Å². The van der Waals surface area contributed by atoms with E-state index in [1.165, 1.54) is 6.08 Å². The molecule has 1 aromatic rings. The molecule has 0 amide bonds. The van der Waals surface area contributed by atoms with Crippen molar-refractivity contribution in [2.24, 2.45) is 0 Å². The van der Waals surface area contributed by atoms with Gasteiger partial charge in [0.15, 0.2) is 0 Å². The number of ether oxygens (including phenoxy) is 1. The van der Waals surface area contributed by atoms with Crippen LogP contribution in [0.2, 0.25) is 0 Å². The quantitative estimate of drug-likeness (QED) is 0.657. The van der Waals surface area contributed by atoms with Crippen molar-refractivity contribution < 1.29 is 20.1 Å². The van der Waals surface area contributed by atoms with E-state index < -0.39 is 24.4 Å². The van der Waals surface area contributed by atoms with E-state index >= 15 is 0 Å². The topological polar surface area (TPSA) is 69.9 Å². The Labute approximate surface area is 99.8 Å². The fourth-order valence-corrected chi connectivity index (χ4v) is 1.77. The van der Waals surface area contributed by atoms with Crippen LogP contribution in [0, 0.1) is 0 Å². The Morgan fingerprint density at radius 3 is 2.35 bits per heavy atom. The summed E-state index contributed by atoms with van der Waals surface area (Å²) in [4.78, 5) is 0. The lowest BCUT2D eigenvalue weighted by Gasteiger charge is -2.30. The molecule has 0 spiro atoms. The van der Waals surface area contributed by atoms with Gasteiger partial charge in [-0.15, -0.1) is 0 Å². The normalized spacial score (nSPS) is 32.6. The van der Waals surface area contributed by atoms with E-state index in [1.807, 2.05) is 30.3 Å². The number of hydrogen-bond donors (Lipinski definition) is 3. The van der Waals surface area contributed by atoms with Crippen LogP contribution in [0.25, 0.3) is 0 Å². The largest absolute Gasteiger partial charge is 0.387 e. The van der Waals surface area contributed by atoms with Gasteiger partial charge < -0.3 is 20.1 Å². The number of benzene rings is 1. The minimum Gasteiger partial charge on any atom is -0.387 e. The van der Waals surface area contributed by atoms with Crippen molar-refractivity contribution in [3.05, 3.63) is 48.0 Å². The minimum absolute atomic E-state index is 0.357. The average Bonchev–Trinajstić information content (AvgIpc) is 2.36. The maximum Gasteiger partial charge on any atom is 0.112 e. The Kier molecular flexibility index (Phi) is 3.91. The lowest BCUT2D eigenvalue weighted by Crippen LogP contribution is -2.47. The molecule has 3 N–H and O–H groups in total. The molecule has 92 valence electrons. The van der Waals surface area contributed by atoms with Crippen molar-refractivity contribution in [3.8, 4) is 0 Å². The van der Waals surface area contributed by atoms with E-state index in [1.54, 1.807) is 6.08 Å². The molecule has 1 aliphatic carbocycles. The van der Waals surface area contributed by atoms with E-state index in [9.17, 15) is 15.3 Å². The van der Waals surface area contributed by atoms with Gasteiger partial charge in [-0.1, -0.05) is 42.5 Å². The smallest absolute Gasteiger partial charge is 0.112 e. The number of rotatable bonds is 3. The molecule has 4 atom stereocenters. The number of aliphatic hydroxyl groups excluding tert-OH is 3. The van der Waals surface area contributed by atoms with Gasteiger partial charge in [-0.25, -0.2) is 0 Å². The van der Waals surface area contributed by atoms with Gasteiger partial charge in [0.1, 0.15) is 24.4 Å². The summed E-state index contributed by atoms with van der Waals surface area (Å²) in [6.07, 6.45) is -0.896. The van der Waals surface area contributed by atoms with Gasteiger partial charge in [0.05, 0.1) is 6.61 Å². The maximum atomic E-state index is 9.70. The molecule has 4 heteroatoms. The molecule has 0 saturated heterocycles. The van der Waals surface area contributed by atoms with Crippen LogP contribution in [-0.2, 0) is 11.3 Å². The Morgan fingerprint density at radius 2 is 1.65 bits per heavy atom. The van der Waals surface area contributed by atoms with Crippen molar-refractivity contribution in [3.63, 3.8) is 0 Å². The lowest BCUT2D eigenvalue weighted by atomic mass is 9.96.